The second-order valence-electron chi connectivity index (χ2n) is 7.37. The number of halogens is 2. The molecule has 2 aliphatic rings. The van der Waals surface area contributed by atoms with Gasteiger partial charge in [0.05, 0.1) is 6.04 Å². The Hall–Kier alpha value is -1.69. The van der Waals surface area contributed by atoms with Gasteiger partial charge >= 0.3 is 6.61 Å². The van der Waals surface area contributed by atoms with Gasteiger partial charge in [-0.15, -0.1) is 0 Å². The molecule has 1 amide bonds. The number of nitrogens with two attached hydrogens (primary N) is 1. The number of ether oxygens (including phenoxy) is 1. The molecular formula is C19H26F2N2O2. The number of carbonyl (C=O) groups is 1. The van der Waals surface area contributed by atoms with E-state index in [-0.39, 0.29) is 29.7 Å². The van der Waals surface area contributed by atoms with E-state index in [0.717, 1.165) is 31.2 Å². The number of fused-ring (bicyclic) bond motifs is 2. The van der Waals surface area contributed by atoms with Crippen LogP contribution in [-0.2, 0) is 4.79 Å². The van der Waals surface area contributed by atoms with E-state index in [4.69, 9.17) is 5.73 Å². The summed E-state index contributed by atoms with van der Waals surface area (Å²) in [5.74, 6) is 1.14. The van der Waals surface area contributed by atoms with Crippen LogP contribution in [0.15, 0.2) is 24.3 Å². The maximum Gasteiger partial charge on any atom is 0.387 e. The quantitative estimate of drug-likeness (QED) is 0.851. The van der Waals surface area contributed by atoms with Crippen LogP contribution in [0, 0.1) is 17.8 Å². The molecule has 138 valence electrons. The van der Waals surface area contributed by atoms with Gasteiger partial charge in [0.15, 0.2) is 0 Å². The van der Waals surface area contributed by atoms with Crippen molar-refractivity contribution < 1.29 is 18.3 Å². The first-order valence-electron chi connectivity index (χ1n) is 9.04. The van der Waals surface area contributed by atoms with Gasteiger partial charge in [0.1, 0.15) is 5.75 Å². The van der Waals surface area contributed by atoms with Crippen LogP contribution in [0.25, 0.3) is 0 Å². The molecule has 0 aromatic heterocycles. The van der Waals surface area contributed by atoms with E-state index in [0.29, 0.717) is 11.8 Å². The number of hydrogen-bond acceptors (Lipinski definition) is 3. The van der Waals surface area contributed by atoms with Crippen molar-refractivity contribution in [2.75, 3.05) is 0 Å². The molecule has 0 aliphatic heterocycles. The first kappa shape index (κ1) is 18.1. The van der Waals surface area contributed by atoms with E-state index in [1.165, 1.54) is 18.6 Å². The summed E-state index contributed by atoms with van der Waals surface area (Å²) in [7, 11) is 0. The molecule has 3 unspecified atom stereocenters. The number of hydrogen-bond donors (Lipinski definition) is 2. The number of amides is 1. The zero-order valence-corrected chi connectivity index (χ0v) is 14.5. The zero-order chi connectivity index (χ0) is 18.0. The summed E-state index contributed by atoms with van der Waals surface area (Å²) in [6.07, 6.45) is 5.22. The van der Waals surface area contributed by atoms with E-state index in [1.807, 2.05) is 6.92 Å². The molecule has 3 atom stereocenters. The molecule has 2 saturated carbocycles. The lowest BCUT2D eigenvalue weighted by molar-refractivity contribution is -0.128. The van der Waals surface area contributed by atoms with Crippen LogP contribution >= 0.6 is 0 Å². The SMILES string of the molecule is CC(NC(=O)C1CC2CCCC(C1)C2N)c1ccc(OC(F)F)cc1. The molecule has 3 N–H and O–H groups in total. The molecule has 2 bridgehead atoms. The van der Waals surface area contributed by atoms with Crippen molar-refractivity contribution in [1.29, 1.82) is 0 Å². The molecule has 0 spiro atoms. The fourth-order valence-electron chi connectivity index (χ4n) is 4.36. The molecule has 3 rings (SSSR count). The molecule has 2 fully saturated rings. The predicted octanol–water partition coefficient (Wildman–Crippen LogP) is 3.62. The molecule has 1 aromatic rings. The number of benzene rings is 1. The van der Waals surface area contributed by atoms with Crippen LogP contribution in [-0.4, -0.2) is 18.6 Å². The highest BCUT2D eigenvalue weighted by atomic mass is 19.3. The van der Waals surface area contributed by atoms with Crippen LogP contribution < -0.4 is 15.8 Å². The summed E-state index contributed by atoms with van der Waals surface area (Å²) in [6.45, 7) is -0.934. The Morgan fingerprint density at radius 2 is 1.80 bits per heavy atom. The summed E-state index contributed by atoms with van der Waals surface area (Å²) in [5.41, 5.74) is 7.15. The van der Waals surface area contributed by atoms with Crippen molar-refractivity contribution in [3.8, 4) is 5.75 Å². The van der Waals surface area contributed by atoms with Gasteiger partial charge in [-0.25, -0.2) is 0 Å². The minimum atomic E-state index is -2.83. The fourth-order valence-corrected chi connectivity index (χ4v) is 4.36. The van der Waals surface area contributed by atoms with Crippen LogP contribution in [0.2, 0.25) is 0 Å². The number of carbonyl (C=O) groups excluding carboxylic acids is 1. The molecule has 0 saturated heterocycles. The van der Waals surface area contributed by atoms with Gasteiger partial charge in [-0.05, 0) is 62.1 Å². The highest BCUT2D eigenvalue weighted by molar-refractivity contribution is 5.79. The predicted molar refractivity (Wildman–Crippen MR) is 91.2 cm³/mol. The Kier molecular flexibility index (Phi) is 5.57. The average Bonchev–Trinajstić information content (AvgIpc) is 2.54. The molecule has 6 heteroatoms. The second kappa shape index (κ2) is 7.68. The Morgan fingerprint density at radius 3 is 2.36 bits per heavy atom. The van der Waals surface area contributed by atoms with Crippen molar-refractivity contribution in [2.24, 2.45) is 23.5 Å². The minimum Gasteiger partial charge on any atom is -0.435 e. The normalized spacial score (nSPS) is 30.0. The van der Waals surface area contributed by atoms with Crippen LogP contribution in [0.4, 0.5) is 8.78 Å². The average molecular weight is 352 g/mol. The summed E-state index contributed by atoms with van der Waals surface area (Å²) in [5, 5.41) is 3.06. The third-order valence-electron chi connectivity index (χ3n) is 5.75. The minimum absolute atomic E-state index is 0.0268. The van der Waals surface area contributed by atoms with Gasteiger partial charge in [-0.3, -0.25) is 4.79 Å². The standard InChI is InChI=1S/C19H26F2N2O2/c1-11(12-5-7-16(8-6-12)25-19(20)21)23-18(24)15-9-13-3-2-4-14(10-15)17(13)22/h5-8,11,13-15,17,19H,2-4,9-10,22H2,1H3,(H,23,24). The summed E-state index contributed by atoms with van der Waals surface area (Å²) < 4.78 is 28.7. The Bertz CT molecular complexity index is 580. The zero-order valence-electron chi connectivity index (χ0n) is 14.5. The van der Waals surface area contributed by atoms with Crippen LogP contribution in [0.5, 0.6) is 5.75 Å². The summed E-state index contributed by atoms with van der Waals surface area (Å²) in [4.78, 5) is 12.7. The van der Waals surface area contributed by atoms with Crippen molar-refractivity contribution in [1.82, 2.24) is 5.32 Å². The molecule has 0 heterocycles. The van der Waals surface area contributed by atoms with Gasteiger partial charge in [0.2, 0.25) is 5.91 Å². The maximum absolute atomic E-state index is 12.7. The molecular weight excluding hydrogens is 326 g/mol. The monoisotopic (exact) mass is 352 g/mol. The third-order valence-corrected chi connectivity index (χ3v) is 5.75. The van der Waals surface area contributed by atoms with Gasteiger partial charge < -0.3 is 15.8 Å². The molecule has 25 heavy (non-hydrogen) atoms. The second-order valence-corrected chi connectivity index (χ2v) is 7.37. The van der Waals surface area contributed by atoms with Crippen molar-refractivity contribution in [3.05, 3.63) is 29.8 Å². The lowest BCUT2D eigenvalue weighted by Gasteiger charge is -2.43. The molecule has 4 nitrogen and oxygen atoms in total. The molecule has 0 radical (unpaired) electrons. The Balaban J connectivity index is 1.57. The van der Waals surface area contributed by atoms with E-state index in [2.05, 4.69) is 10.1 Å². The van der Waals surface area contributed by atoms with Gasteiger partial charge in [-0.1, -0.05) is 18.6 Å². The summed E-state index contributed by atoms with van der Waals surface area (Å²) in [6, 6.07) is 6.46. The smallest absolute Gasteiger partial charge is 0.387 e. The van der Waals surface area contributed by atoms with E-state index < -0.39 is 6.61 Å². The first-order valence-corrected chi connectivity index (χ1v) is 9.04. The Labute approximate surface area is 147 Å². The highest BCUT2D eigenvalue weighted by Gasteiger charge is 2.40. The third kappa shape index (κ3) is 4.29. The Morgan fingerprint density at radius 1 is 1.20 bits per heavy atom. The van der Waals surface area contributed by atoms with Gasteiger partial charge in [0.25, 0.3) is 0 Å². The van der Waals surface area contributed by atoms with E-state index in [1.54, 1.807) is 12.1 Å². The van der Waals surface area contributed by atoms with E-state index >= 15 is 0 Å². The number of alkyl halides is 2. The molecule has 1 aromatic carbocycles. The van der Waals surface area contributed by atoms with Gasteiger partial charge in [0, 0.05) is 12.0 Å². The van der Waals surface area contributed by atoms with Crippen molar-refractivity contribution >= 4 is 5.91 Å². The van der Waals surface area contributed by atoms with Crippen molar-refractivity contribution in [3.63, 3.8) is 0 Å². The topological polar surface area (TPSA) is 64.4 Å². The van der Waals surface area contributed by atoms with Crippen molar-refractivity contribution in [2.45, 2.75) is 57.7 Å². The van der Waals surface area contributed by atoms with Crippen LogP contribution in [0.1, 0.15) is 50.6 Å². The highest BCUT2D eigenvalue weighted by Crippen LogP contribution is 2.42. The first-order chi connectivity index (χ1) is 11.9. The number of rotatable bonds is 5. The lowest BCUT2D eigenvalue weighted by atomic mass is 9.65. The van der Waals surface area contributed by atoms with E-state index in [9.17, 15) is 13.6 Å². The van der Waals surface area contributed by atoms with Gasteiger partial charge in [-0.2, -0.15) is 8.78 Å². The summed E-state index contributed by atoms with van der Waals surface area (Å²) >= 11 is 0. The lowest BCUT2D eigenvalue weighted by Crippen LogP contribution is -2.49. The largest absolute Gasteiger partial charge is 0.435 e. The fraction of sp³-hybridized carbons (Fsp3) is 0.632. The van der Waals surface area contributed by atoms with Crippen LogP contribution in [0.3, 0.4) is 0 Å². The molecule has 2 aliphatic carbocycles. The maximum atomic E-state index is 12.7. The number of nitrogens with one attached hydrogen (secondary N) is 1.